The lowest BCUT2D eigenvalue weighted by Gasteiger charge is -2.21. The minimum absolute atomic E-state index is 0.261. The van der Waals surface area contributed by atoms with Gasteiger partial charge in [0.05, 0.1) is 5.56 Å². The van der Waals surface area contributed by atoms with Gasteiger partial charge in [0, 0.05) is 12.6 Å². The fraction of sp³-hybridized carbons (Fsp3) is 0.471. The Morgan fingerprint density at radius 3 is 2.64 bits per heavy atom. The van der Waals surface area contributed by atoms with Crippen molar-refractivity contribution in [3.8, 4) is 0 Å². The maximum atomic E-state index is 12.6. The van der Waals surface area contributed by atoms with E-state index in [0.29, 0.717) is 18.0 Å². The summed E-state index contributed by atoms with van der Waals surface area (Å²) >= 11 is 0. The van der Waals surface area contributed by atoms with Crippen LogP contribution in [0.25, 0.3) is 6.08 Å². The summed E-state index contributed by atoms with van der Waals surface area (Å²) in [4.78, 5) is 11.7. The minimum Gasteiger partial charge on any atom is -0.352 e. The Hall–Kier alpha value is -1.78. The van der Waals surface area contributed by atoms with Gasteiger partial charge in [0.1, 0.15) is 0 Å². The van der Waals surface area contributed by atoms with Gasteiger partial charge in [-0.1, -0.05) is 31.4 Å². The van der Waals surface area contributed by atoms with Gasteiger partial charge in [-0.3, -0.25) is 4.79 Å². The van der Waals surface area contributed by atoms with E-state index in [9.17, 15) is 18.0 Å². The summed E-state index contributed by atoms with van der Waals surface area (Å²) in [5, 5.41) is 2.82. The molecule has 120 valence electrons. The normalized spacial score (nSPS) is 16.9. The van der Waals surface area contributed by atoms with E-state index in [-0.39, 0.29) is 5.91 Å². The summed E-state index contributed by atoms with van der Waals surface area (Å²) in [5.74, 6) is 0.266. The Labute approximate surface area is 128 Å². The zero-order valence-corrected chi connectivity index (χ0v) is 12.3. The van der Waals surface area contributed by atoms with Crippen molar-refractivity contribution in [3.05, 3.63) is 41.5 Å². The predicted octanol–water partition coefficient (Wildman–Crippen LogP) is 4.42. The van der Waals surface area contributed by atoms with Crippen LogP contribution in [0.1, 0.15) is 43.2 Å². The maximum Gasteiger partial charge on any atom is 0.416 e. The molecule has 1 aliphatic carbocycles. The first-order chi connectivity index (χ1) is 10.4. The molecule has 1 aromatic carbocycles. The van der Waals surface area contributed by atoms with Crippen molar-refractivity contribution >= 4 is 12.0 Å². The van der Waals surface area contributed by atoms with Crippen LogP contribution in [0.3, 0.4) is 0 Å². The first-order valence-corrected chi connectivity index (χ1v) is 7.58. The Balaban J connectivity index is 1.86. The Bertz CT molecular complexity index is 531. The highest BCUT2D eigenvalue weighted by Gasteiger charge is 2.30. The van der Waals surface area contributed by atoms with Gasteiger partial charge in [0.25, 0.3) is 0 Å². The molecule has 1 saturated carbocycles. The number of hydrogen-bond donors (Lipinski definition) is 1. The molecule has 2 rings (SSSR count). The summed E-state index contributed by atoms with van der Waals surface area (Å²) < 4.78 is 37.8. The average molecular weight is 311 g/mol. The van der Waals surface area contributed by atoms with Crippen LogP contribution in [0.15, 0.2) is 30.3 Å². The monoisotopic (exact) mass is 311 g/mol. The van der Waals surface area contributed by atoms with E-state index in [1.807, 2.05) is 0 Å². The fourth-order valence-electron chi connectivity index (χ4n) is 2.69. The standard InChI is InChI=1S/C17H20F3NO/c18-17(19,20)15-8-4-7-13(11-15)9-10-16(22)21-12-14-5-2-1-3-6-14/h4,7-11,14H,1-3,5-6,12H2,(H,21,22). The Morgan fingerprint density at radius 1 is 1.23 bits per heavy atom. The van der Waals surface area contributed by atoms with Crippen molar-refractivity contribution in [1.82, 2.24) is 5.32 Å². The second-order valence-electron chi connectivity index (χ2n) is 5.71. The van der Waals surface area contributed by atoms with Crippen LogP contribution in [0.4, 0.5) is 13.2 Å². The Morgan fingerprint density at radius 2 is 1.95 bits per heavy atom. The molecule has 1 aliphatic rings. The smallest absolute Gasteiger partial charge is 0.352 e. The van der Waals surface area contributed by atoms with Crippen LogP contribution in [-0.4, -0.2) is 12.5 Å². The van der Waals surface area contributed by atoms with Gasteiger partial charge in [-0.05, 0) is 42.5 Å². The first-order valence-electron chi connectivity index (χ1n) is 7.58. The maximum absolute atomic E-state index is 12.6. The minimum atomic E-state index is -4.37. The van der Waals surface area contributed by atoms with E-state index in [4.69, 9.17) is 0 Å². The molecule has 1 fully saturated rings. The molecule has 2 nitrogen and oxygen atoms in total. The van der Waals surface area contributed by atoms with Crippen molar-refractivity contribution in [2.75, 3.05) is 6.54 Å². The molecule has 0 heterocycles. The number of carbonyl (C=O) groups is 1. The molecule has 0 spiro atoms. The van der Waals surface area contributed by atoms with Crippen molar-refractivity contribution < 1.29 is 18.0 Å². The highest BCUT2D eigenvalue weighted by molar-refractivity contribution is 5.91. The van der Waals surface area contributed by atoms with Crippen molar-refractivity contribution in [2.45, 2.75) is 38.3 Å². The molecule has 0 aromatic heterocycles. The van der Waals surface area contributed by atoms with E-state index >= 15 is 0 Å². The van der Waals surface area contributed by atoms with Gasteiger partial charge >= 0.3 is 6.18 Å². The van der Waals surface area contributed by atoms with Crippen LogP contribution in [0.5, 0.6) is 0 Å². The third-order valence-electron chi connectivity index (χ3n) is 3.93. The lowest BCUT2D eigenvalue weighted by Crippen LogP contribution is -2.28. The number of amides is 1. The molecule has 22 heavy (non-hydrogen) atoms. The first kappa shape index (κ1) is 16.6. The average Bonchev–Trinajstić information content (AvgIpc) is 2.51. The van der Waals surface area contributed by atoms with Gasteiger partial charge in [0.15, 0.2) is 0 Å². The molecule has 0 bridgehead atoms. The Kier molecular flexibility index (Phi) is 5.63. The summed E-state index contributed by atoms with van der Waals surface area (Å²) in [5.41, 5.74) is -0.347. The van der Waals surface area contributed by atoms with E-state index in [1.54, 1.807) is 6.07 Å². The van der Waals surface area contributed by atoms with E-state index in [2.05, 4.69) is 5.32 Å². The number of rotatable bonds is 4. The third-order valence-corrected chi connectivity index (χ3v) is 3.93. The molecular weight excluding hydrogens is 291 g/mol. The molecule has 5 heteroatoms. The van der Waals surface area contributed by atoms with Gasteiger partial charge < -0.3 is 5.32 Å². The van der Waals surface area contributed by atoms with Crippen molar-refractivity contribution in [3.63, 3.8) is 0 Å². The second kappa shape index (κ2) is 7.47. The number of alkyl halides is 3. The van der Waals surface area contributed by atoms with Crippen molar-refractivity contribution in [1.29, 1.82) is 0 Å². The van der Waals surface area contributed by atoms with E-state index in [0.717, 1.165) is 25.0 Å². The van der Waals surface area contributed by atoms with Gasteiger partial charge in [-0.2, -0.15) is 13.2 Å². The summed E-state index contributed by atoms with van der Waals surface area (Å²) in [6.07, 6.45) is 4.28. The molecular formula is C17H20F3NO. The predicted molar refractivity (Wildman–Crippen MR) is 80.1 cm³/mol. The van der Waals surface area contributed by atoms with Crippen LogP contribution >= 0.6 is 0 Å². The highest BCUT2D eigenvalue weighted by Crippen LogP contribution is 2.29. The summed E-state index contributed by atoms with van der Waals surface area (Å²) in [6.45, 7) is 0.645. The zero-order chi connectivity index (χ0) is 16.0. The second-order valence-corrected chi connectivity index (χ2v) is 5.71. The van der Waals surface area contributed by atoms with Crippen LogP contribution in [0, 0.1) is 5.92 Å². The molecule has 0 unspecified atom stereocenters. The summed E-state index contributed by atoms with van der Waals surface area (Å²) in [6, 6.07) is 4.92. The molecule has 0 radical (unpaired) electrons. The molecule has 0 saturated heterocycles. The number of halogens is 3. The lowest BCUT2D eigenvalue weighted by molar-refractivity contribution is -0.137. The van der Waals surface area contributed by atoms with Gasteiger partial charge in [-0.25, -0.2) is 0 Å². The zero-order valence-electron chi connectivity index (χ0n) is 12.3. The number of carbonyl (C=O) groups excluding carboxylic acids is 1. The topological polar surface area (TPSA) is 29.1 Å². The number of nitrogens with one attached hydrogen (secondary N) is 1. The molecule has 1 amide bonds. The summed E-state index contributed by atoms with van der Waals surface area (Å²) in [7, 11) is 0. The third kappa shape index (κ3) is 5.20. The van der Waals surface area contributed by atoms with Crippen LogP contribution in [-0.2, 0) is 11.0 Å². The molecule has 1 aromatic rings. The quantitative estimate of drug-likeness (QED) is 0.820. The molecule has 0 aliphatic heterocycles. The van der Waals surface area contributed by atoms with Crippen LogP contribution < -0.4 is 5.32 Å². The molecule has 1 N–H and O–H groups in total. The van der Waals surface area contributed by atoms with E-state index in [1.165, 1.54) is 37.5 Å². The van der Waals surface area contributed by atoms with E-state index < -0.39 is 11.7 Å². The van der Waals surface area contributed by atoms with Crippen molar-refractivity contribution in [2.24, 2.45) is 5.92 Å². The SMILES string of the molecule is O=C(C=Cc1cccc(C(F)(F)F)c1)NCC1CCCCC1. The van der Waals surface area contributed by atoms with Gasteiger partial charge in [-0.15, -0.1) is 0 Å². The lowest BCUT2D eigenvalue weighted by atomic mass is 9.89. The number of hydrogen-bond acceptors (Lipinski definition) is 1. The fourth-order valence-corrected chi connectivity index (χ4v) is 2.69. The van der Waals surface area contributed by atoms with Crippen LogP contribution in [0.2, 0.25) is 0 Å². The van der Waals surface area contributed by atoms with Gasteiger partial charge in [0.2, 0.25) is 5.91 Å². The number of benzene rings is 1. The largest absolute Gasteiger partial charge is 0.416 e. The highest BCUT2D eigenvalue weighted by atomic mass is 19.4. The molecule has 0 atom stereocenters.